The molecule has 0 aliphatic heterocycles. The number of nitrogens with one attached hydrogen (secondary N) is 2. The molecule has 0 saturated heterocycles. The second-order valence-corrected chi connectivity index (χ2v) is 5.43. The van der Waals surface area contributed by atoms with Crippen LogP contribution in [0.15, 0.2) is 36.5 Å². The molecule has 128 valence electrons. The summed E-state index contributed by atoms with van der Waals surface area (Å²) < 4.78 is 10.7. The molecule has 1 heterocycles. The molecule has 0 atom stereocenters. The minimum Gasteiger partial charge on any atom is -0.491 e. The lowest BCUT2D eigenvalue weighted by atomic mass is 10.1. The molecule has 0 aliphatic carbocycles. The molecule has 2 N–H and O–H groups in total. The molecule has 1 aromatic carbocycles. The molecule has 2 rings (SSSR count). The highest BCUT2D eigenvalue weighted by atomic mass is 16.5. The molecule has 0 spiro atoms. The first-order valence-corrected chi connectivity index (χ1v) is 7.79. The molecule has 2 amide bonds. The Morgan fingerprint density at radius 2 is 2.00 bits per heavy atom. The van der Waals surface area contributed by atoms with Gasteiger partial charge in [-0.25, -0.2) is 9.78 Å². The number of ether oxygens (including phenoxy) is 2. The molecule has 0 unspecified atom stereocenters. The molecule has 6 nitrogen and oxygen atoms in total. The Balaban J connectivity index is 1.67. The van der Waals surface area contributed by atoms with Crippen LogP contribution in [0, 0.1) is 13.8 Å². The highest BCUT2D eigenvalue weighted by Crippen LogP contribution is 2.18. The zero-order chi connectivity index (χ0) is 17.4. The molecular weight excluding hydrogens is 306 g/mol. The molecule has 6 heteroatoms. The highest BCUT2D eigenvalue weighted by Gasteiger charge is 2.03. The van der Waals surface area contributed by atoms with Gasteiger partial charge in [0.15, 0.2) is 0 Å². The Labute approximate surface area is 142 Å². The summed E-state index contributed by atoms with van der Waals surface area (Å²) in [5.74, 6) is 1.36. The van der Waals surface area contributed by atoms with Crippen molar-refractivity contribution in [1.29, 1.82) is 0 Å². The molecule has 2 aromatic rings. The topological polar surface area (TPSA) is 72.5 Å². The number of rotatable bonds is 7. The first-order chi connectivity index (χ1) is 11.6. The standard InChI is InChI=1S/C18H23N3O3/c1-13-4-5-16(14(2)10-13)24-9-8-20-18(22)21-12-15-6-7-19-17(11-15)23-3/h4-7,10-11H,8-9,12H2,1-3H3,(H2,20,21,22). The van der Waals surface area contributed by atoms with Crippen LogP contribution in [0.25, 0.3) is 0 Å². The average Bonchev–Trinajstić information content (AvgIpc) is 2.58. The largest absolute Gasteiger partial charge is 0.491 e. The second-order valence-electron chi connectivity index (χ2n) is 5.43. The molecular formula is C18H23N3O3. The first-order valence-electron chi connectivity index (χ1n) is 7.79. The van der Waals surface area contributed by atoms with Crippen molar-refractivity contribution in [2.45, 2.75) is 20.4 Å². The summed E-state index contributed by atoms with van der Waals surface area (Å²) in [6.07, 6.45) is 1.64. The number of pyridine rings is 1. The molecule has 0 radical (unpaired) electrons. The van der Waals surface area contributed by atoms with Crippen LogP contribution in [-0.2, 0) is 6.54 Å². The molecule has 0 bridgehead atoms. The Hall–Kier alpha value is -2.76. The minimum absolute atomic E-state index is 0.241. The maximum absolute atomic E-state index is 11.8. The normalized spacial score (nSPS) is 10.1. The fourth-order valence-electron chi connectivity index (χ4n) is 2.20. The van der Waals surface area contributed by atoms with Crippen LogP contribution >= 0.6 is 0 Å². The van der Waals surface area contributed by atoms with Crippen molar-refractivity contribution in [2.24, 2.45) is 0 Å². The number of urea groups is 1. The van der Waals surface area contributed by atoms with E-state index in [4.69, 9.17) is 9.47 Å². The number of nitrogens with zero attached hydrogens (tertiary/aromatic N) is 1. The summed E-state index contributed by atoms with van der Waals surface area (Å²) in [6, 6.07) is 9.39. The van der Waals surface area contributed by atoms with Crippen LogP contribution in [0.2, 0.25) is 0 Å². The predicted octanol–water partition coefficient (Wildman–Crippen LogP) is 2.59. The van der Waals surface area contributed by atoms with Gasteiger partial charge in [-0.05, 0) is 37.1 Å². The van der Waals surface area contributed by atoms with Crippen molar-refractivity contribution in [2.75, 3.05) is 20.3 Å². The van der Waals surface area contributed by atoms with Crippen molar-refractivity contribution in [3.05, 3.63) is 53.2 Å². The van der Waals surface area contributed by atoms with Gasteiger partial charge in [-0.2, -0.15) is 0 Å². The van der Waals surface area contributed by atoms with E-state index in [1.807, 2.05) is 32.0 Å². The van der Waals surface area contributed by atoms with E-state index < -0.39 is 0 Å². The first kappa shape index (κ1) is 17.6. The number of aromatic nitrogens is 1. The van der Waals surface area contributed by atoms with Gasteiger partial charge >= 0.3 is 6.03 Å². The van der Waals surface area contributed by atoms with Gasteiger partial charge in [0.2, 0.25) is 5.88 Å². The summed E-state index contributed by atoms with van der Waals surface area (Å²) in [5, 5.41) is 5.54. The van der Waals surface area contributed by atoms with Crippen molar-refractivity contribution >= 4 is 6.03 Å². The SMILES string of the molecule is COc1cc(CNC(=O)NCCOc2ccc(C)cc2C)ccn1. The van der Waals surface area contributed by atoms with Crippen LogP contribution in [0.5, 0.6) is 11.6 Å². The minimum atomic E-state index is -0.241. The number of amides is 2. The number of benzene rings is 1. The van der Waals surface area contributed by atoms with E-state index in [0.29, 0.717) is 25.6 Å². The molecule has 24 heavy (non-hydrogen) atoms. The Morgan fingerprint density at radius 3 is 2.75 bits per heavy atom. The van der Waals surface area contributed by atoms with E-state index in [1.54, 1.807) is 19.4 Å². The lowest BCUT2D eigenvalue weighted by Gasteiger charge is -2.11. The van der Waals surface area contributed by atoms with Crippen molar-refractivity contribution < 1.29 is 14.3 Å². The number of methoxy groups -OCH3 is 1. The number of aryl methyl sites for hydroxylation is 2. The fraction of sp³-hybridized carbons (Fsp3) is 0.333. The van der Waals surface area contributed by atoms with E-state index in [9.17, 15) is 4.79 Å². The summed E-state index contributed by atoms with van der Waals surface area (Å²) >= 11 is 0. The lowest BCUT2D eigenvalue weighted by molar-refractivity contribution is 0.236. The lowest BCUT2D eigenvalue weighted by Crippen LogP contribution is -2.37. The van der Waals surface area contributed by atoms with Crippen molar-refractivity contribution in [3.8, 4) is 11.6 Å². The second kappa shape index (κ2) is 8.76. The Morgan fingerprint density at radius 1 is 1.17 bits per heavy atom. The molecule has 0 saturated carbocycles. The quantitative estimate of drug-likeness (QED) is 0.766. The van der Waals surface area contributed by atoms with Crippen molar-refractivity contribution in [3.63, 3.8) is 0 Å². The number of hydrogen-bond donors (Lipinski definition) is 2. The van der Waals surface area contributed by atoms with E-state index in [-0.39, 0.29) is 6.03 Å². The molecule has 0 aliphatic rings. The average molecular weight is 329 g/mol. The van der Waals surface area contributed by atoms with E-state index in [0.717, 1.165) is 16.9 Å². The van der Waals surface area contributed by atoms with Gasteiger partial charge < -0.3 is 20.1 Å². The van der Waals surface area contributed by atoms with Crippen LogP contribution in [0.3, 0.4) is 0 Å². The highest BCUT2D eigenvalue weighted by molar-refractivity contribution is 5.73. The number of carbonyl (C=O) groups excluding carboxylic acids is 1. The van der Waals surface area contributed by atoms with Crippen LogP contribution in [0.1, 0.15) is 16.7 Å². The summed E-state index contributed by atoms with van der Waals surface area (Å²) in [5.41, 5.74) is 3.21. The Kier molecular flexibility index (Phi) is 6.42. The van der Waals surface area contributed by atoms with Gasteiger partial charge in [-0.15, -0.1) is 0 Å². The fourth-order valence-corrected chi connectivity index (χ4v) is 2.20. The van der Waals surface area contributed by atoms with E-state index in [2.05, 4.69) is 21.7 Å². The predicted molar refractivity (Wildman–Crippen MR) is 92.4 cm³/mol. The third-order valence-corrected chi connectivity index (χ3v) is 3.44. The third-order valence-electron chi connectivity index (χ3n) is 3.44. The summed E-state index contributed by atoms with van der Waals surface area (Å²) in [7, 11) is 1.56. The maximum Gasteiger partial charge on any atom is 0.315 e. The summed E-state index contributed by atoms with van der Waals surface area (Å²) in [6.45, 7) is 5.30. The summed E-state index contributed by atoms with van der Waals surface area (Å²) in [4.78, 5) is 15.8. The zero-order valence-electron chi connectivity index (χ0n) is 14.3. The van der Waals surface area contributed by atoms with Crippen LogP contribution in [-0.4, -0.2) is 31.3 Å². The number of carbonyl (C=O) groups is 1. The van der Waals surface area contributed by atoms with Crippen LogP contribution in [0.4, 0.5) is 4.79 Å². The number of hydrogen-bond acceptors (Lipinski definition) is 4. The van der Waals surface area contributed by atoms with E-state index in [1.165, 1.54) is 5.56 Å². The van der Waals surface area contributed by atoms with E-state index >= 15 is 0 Å². The van der Waals surface area contributed by atoms with Crippen LogP contribution < -0.4 is 20.1 Å². The molecule has 1 aromatic heterocycles. The Bertz CT molecular complexity index is 689. The third kappa shape index (κ3) is 5.46. The van der Waals surface area contributed by atoms with Gasteiger partial charge in [0.1, 0.15) is 12.4 Å². The zero-order valence-corrected chi connectivity index (χ0v) is 14.3. The monoisotopic (exact) mass is 329 g/mol. The van der Waals surface area contributed by atoms with Gasteiger partial charge in [0.25, 0.3) is 0 Å². The van der Waals surface area contributed by atoms with Gasteiger partial charge in [0.05, 0.1) is 13.7 Å². The van der Waals surface area contributed by atoms with Crippen molar-refractivity contribution in [1.82, 2.24) is 15.6 Å². The van der Waals surface area contributed by atoms with Gasteiger partial charge in [0, 0.05) is 18.8 Å². The van der Waals surface area contributed by atoms with Gasteiger partial charge in [-0.1, -0.05) is 17.7 Å². The van der Waals surface area contributed by atoms with Gasteiger partial charge in [-0.3, -0.25) is 0 Å². The molecule has 0 fully saturated rings. The smallest absolute Gasteiger partial charge is 0.315 e. The maximum atomic E-state index is 11.8.